The summed E-state index contributed by atoms with van der Waals surface area (Å²) in [7, 11) is 0. The van der Waals surface area contributed by atoms with Crippen LogP contribution in [0.4, 0.5) is 5.13 Å². The van der Waals surface area contributed by atoms with Crippen LogP contribution in [0.15, 0.2) is 17.1 Å². The molecule has 0 atom stereocenters. The van der Waals surface area contributed by atoms with E-state index in [2.05, 4.69) is 15.0 Å². The molecule has 3 rings (SSSR count). The minimum absolute atomic E-state index is 0.341. The summed E-state index contributed by atoms with van der Waals surface area (Å²) in [6.07, 6.45) is 3.82. The van der Waals surface area contributed by atoms with Gasteiger partial charge in [-0.05, 0) is 18.9 Å². The molecule has 0 radical (unpaired) electrons. The molecule has 0 amide bonds. The van der Waals surface area contributed by atoms with Gasteiger partial charge in [-0.1, -0.05) is 11.3 Å². The maximum absolute atomic E-state index is 11.2. The maximum Gasteiger partial charge on any atom is 0.345 e. The van der Waals surface area contributed by atoms with Crippen LogP contribution in [0, 0.1) is 0 Å². The highest BCUT2D eigenvalue weighted by atomic mass is 32.1. The van der Waals surface area contributed by atoms with Gasteiger partial charge in [0.2, 0.25) is 0 Å². The second kappa shape index (κ2) is 3.41. The van der Waals surface area contributed by atoms with Gasteiger partial charge in [0.25, 0.3) is 0 Å². The highest BCUT2D eigenvalue weighted by Crippen LogP contribution is 2.46. The van der Waals surface area contributed by atoms with E-state index in [1.165, 1.54) is 17.5 Å². The number of aromatic amines is 1. The van der Waals surface area contributed by atoms with E-state index in [-0.39, 0.29) is 5.69 Å². The van der Waals surface area contributed by atoms with E-state index in [9.17, 15) is 4.79 Å². The van der Waals surface area contributed by atoms with Gasteiger partial charge < -0.3 is 10.7 Å². The first-order chi connectivity index (χ1) is 7.74. The molecule has 1 saturated carbocycles. The number of hydrogen-bond acceptors (Lipinski definition) is 5. The minimum atomic E-state index is -0.341. The Morgan fingerprint density at radius 1 is 1.50 bits per heavy atom. The fraction of sp³-hybridized carbons (Fsp3) is 0.300. The summed E-state index contributed by atoms with van der Waals surface area (Å²) in [5.74, 6) is 0.514. The van der Waals surface area contributed by atoms with Gasteiger partial charge in [0.05, 0.1) is 16.3 Å². The molecule has 6 heteroatoms. The molecule has 2 aromatic heterocycles. The number of nitrogens with one attached hydrogen (secondary N) is 1. The third kappa shape index (κ3) is 1.61. The summed E-state index contributed by atoms with van der Waals surface area (Å²) in [4.78, 5) is 22.8. The van der Waals surface area contributed by atoms with E-state index < -0.39 is 0 Å². The number of aromatic nitrogens is 3. The summed E-state index contributed by atoms with van der Waals surface area (Å²) in [5, 5.41) is 0.551. The molecular weight excluding hydrogens is 224 g/mol. The largest absolute Gasteiger partial charge is 0.375 e. The van der Waals surface area contributed by atoms with Crippen molar-refractivity contribution in [2.75, 3.05) is 5.73 Å². The van der Waals surface area contributed by atoms with Gasteiger partial charge in [0.15, 0.2) is 5.13 Å². The standard InChI is InChI=1S/C10H10N4OS/c11-9-14-7(5-1-2-5)8(16-9)6-3-4-12-10(15)13-6/h3-5H,1-2H2,(H2,11,14)(H,12,13,15). The molecule has 1 fully saturated rings. The number of nitrogen functional groups attached to an aromatic ring is 1. The first kappa shape index (κ1) is 9.53. The zero-order chi connectivity index (χ0) is 11.1. The summed E-state index contributed by atoms with van der Waals surface area (Å²) >= 11 is 1.41. The fourth-order valence-corrected chi connectivity index (χ4v) is 2.58. The Labute approximate surface area is 95.4 Å². The molecule has 82 valence electrons. The normalized spacial score (nSPS) is 15.2. The SMILES string of the molecule is Nc1nc(C2CC2)c(-c2ccnc(=O)[nH]2)s1. The predicted molar refractivity (Wildman–Crippen MR) is 62.4 cm³/mol. The first-order valence-corrected chi connectivity index (χ1v) is 5.87. The number of anilines is 1. The molecule has 1 aliphatic rings. The molecule has 0 aromatic carbocycles. The summed E-state index contributed by atoms with van der Waals surface area (Å²) in [6, 6.07) is 1.78. The number of thiazole rings is 1. The molecular formula is C10H10N4OS. The summed E-state index contributed by atoms with van der Waals surface area (Å²) in [5.41, 5.74) is 7.16. The smallest absolute Gasteiger partial charge is 0.345 e. The number of rotatable bonds is 2. The topological polar surface area (TPSA) is 84.7 Å². The summed E-state index contributed by atoms with van der Waals surface area (Å²) < 4.78 is 0. The molecule has 0 spiro atoms. The van der Waals surface area contributed by atoms with Crippen LogP contribution in [0.2, 0.25) is 0 Å². The Bertz CT molecular complexity index is 585. The van der Waals surface area contributed by atoms with Crippen molar-refractivity contribution in [3.63, 3.8) is 0 Å². The third-order valence-corrected chi connectivity index (χ3v) is 3.49. The first-order valence-electron chi connectivity index (χ1n) is 5.06. The van der Waals surface area contributed by atoms with Crippen LogP contribution in [-0.2, 0) is 0 Å². The van der Waals surface area contributed by atoms with Gasteiger partial charge >= 0.3 is 5.69 Å². The maximum atomic E-state index is 11.2. The number of hydrogen-bond donors (Lipinski definition) is 2. The quantitative estimate of drug-likeness (QED) is 0.821. The molecule has 16 heavy (non-hydrogen) atoms. The van der Waals surface area contributed by atoms with E-state index in [1.807, 2.05) is 0 Å². The van der Waals surface area contributed by atoms with Gasteiger partial charge in [0.1, 0.15) is 0 Å². The Balaban J connectivity index is 2.14. The van der Waals surface area contributed by atoms with Crippen molar-refractivity contribution >= 4 is 16.5 Å². The van der Waals surface area contributed by atoms with Gasteiger partial charge in [-0.2, -0.15) is 0 Å². The molecule has 1 aliphatic carbocycles. The van der Waals surface area contributed by atoms with Crippen LogP contribution in [0.25, 0.3) is 10.6 Å². The number of nitrogens with two attached hydrogens (primary N) is 1. The van der Waals surface area contributed by atoms with E-state index in [4.69, 9.17) is 5.73 Å². The van der Waals surface area contributed by atoms with Gasteiger partial charge in [-0.3, -0.25) is 0 Å². The Hall–Kier alpha value is -1.69. The molecule has 0 bridgehead atoms. The van der Waals surface area contributed by atoms with Crippen molar-refractivity contribution < 1.29 is 0 Å². The number of H-pyrrole nitrogens is 1. The Kier molecular flexibility index (Phi) is 2.03. The minimum Gasteiger partial charge on any atom is -0.375 e. The Morgan fingerprint density at radius 2 is 2.31 bits per heavy atom. The fourth-order valence-electron chi connectivity index (χ4n) is 1.68. The van der Waals surface area contributed by atoms with Crippen molar-refractivity contribution in [2.24, 2.45) is 0 Å². The lowest BCUT2D eigenvalue weighted by atomic mass is 10.2. The summed E-state index contributed by atoms with van der Waals surface area (Å²) in [6.45, 7) is 0. The highest BCUT2D eigenvalue weighted by molar-refractivity contribution is 7.18. The van der Waals surface area contributed by atoms with Crippen molar-refractivity contribution in [3.8, 4) is 10.6 Å². The van der Waals surface area contributed by atoms with Crippen LogP contribution in [0.5, 0.6) is 0 Å². The van der Waals surface area contributed by atoms with Gasteiger partial charge in [-0.25, -0.2) is 14.8 Å². The lowest BCUT2D eigenvalue weighted by Crippen LogP contribution is -2.09. The predicted octanol–water partition coefficient (Wildman–Crippen LogP) is 1.35. The molecule has 2 heterocycles. The van der Waals surface area contributed by atoms with Gasteiger partial charge in [0, 0.05) is 12.1 Å². The molecule has 0 unspecified atom stereocenters. The molecule has 5 nitrogen and oxygen atoms in total. The number of nitrogens with zero attached hydrogens (tertiary/aromatic N) is 2. The van der Waals surface area contributed by atoms with E-state index in [0.717, 1.165) is 29.1 Å². The average Bonchev–Trinajstić information content (AvgIpc) is 3.02. The van der Waals surface area contributed by atoms with Crippen LogP contribution in [0.1, 0.15) is 24.5 Å². The monoisotopic (exact) mass is 234 g/mol. The second-order valence-electron chi connectivity index (χ2n) is 3.83. The lowest BCUT2D eigenvalue weighted by molar-refractivity contribution is 1.04. The van der Waals surface area contributed by atoms with E-state index in [1.54, 1.807) is 6.07 Å². The zero-order valence-corrected chi connectivity index (χ0v) is 9.25. The molecule has 0 aliphatic heterocycles. The molecule has 2 aromatic rings. The highest BCUT2D eigenvalue weighted by Gasteiger charge is 2.30. The van der Waals surface area contributed by atoms with E-state index in [0.29, 0.717) is 11.0 Å². The van der Waals surface area contributed by atoms with Crippen LogP contribution in [-0.4, -0.2) is 15.0 Å². The Morgan fingerprint density at radius 3 is 3.00 bits per heavy atom. The second-order valence-corrected chi connectivity index (χ2v) is 4.86. The van der Waals surface area contributed by atoms with Crippen LogP contribution in [0.3, 0.4) is 0 Å². The van der Waals surface area contributed by atoms with Crippen molar-refractivity contribution in [1.82, 2.24) is 15.0 Å². The molecule has 3 N–H and O–H groups in total. The lowest BCUT2D eigenvalue weighted by Gasteiger charge is -1.99. The van der Waals surface area contributed by atoms with E-state index >= 15 is 0 Å². The third-order valence-electron chi connectivity index (χ3n) is 2.55. The zero-order valence-electron chi connectivity index (χ0n) is 8.43. The average molecular weight is 234 g/mol. The molecule has 0 saturated heterocycles. The van der Waals surface area contributed by atoms with Crippen LogP contribution < -0.4 is 11.4 Å². The van der Waals surface area contributed by atoms with Crippen LogP contribution >= 0.6 is 11.3 Å². The van der Waals surface area contributed by atoms with Crippen molar-refractivity contribution in [3.05, 3.63) is 28.4 Å². The van der Waals surface area contributed by atoms with Crippen molar-refractivity contribution in [1.29, 1.82) is 0 Å². The van der Waals surface area contributed by atoms with Crippen molar-refractivity contribution in [2.45, 2.75) is 18.8 Å². The van der Waals surface area contributed by atoms with Gasteiger partial charge in [-0.15, -0.1) is 0 Å².